The number of piperidine rings is 1. The van der Waals surface area contributed by atoms with E-state index in [2.05, 4.69) is 19.2 Å². The van der Waals surface area contributed by atoms with Crippen molar-refractivity contribution in [1.29, 1.82) is 0 Å². The normalized spacial score (nSPS) is 15.7. The zero-order valence-corrected chi connectivity index (χ0v) is 20.2. The number of benzene rings is 2. The van der Waals surface area contributed by atoms with Gasteiger partial charge in [0.1, 0.15) is 5.75 Å². The van der Waals surface area contributed by atoms with Crippen LogP contribution in [0.2, 0.25) is 0 Å². The molecule has 1 heterocycles. The summed E-state index contributed by atoms with van der Waals surface area (Å²) in [5.74, 6) is 1.10. The first-order valence-electron chi connectivity index (χ1n) is 11.2. The SMILES string of the molecule is Cc1ccc(S(=O)(=O)N2CCC(C(=O)NCc3ccc(OCC(C)C)cc3)CC2)c(C)c1. The smallest absolute Gasteiger partial charge is 0.243 e. The topological polar surface area (TPSA) is 75.7 Å². The largest absolute Gasteiger partial charge is 0.493 e. The summed E-state index contributed by atoms with van der Waals surface area (Å²) in [6, 6.07) is 13.1. The minimum absolute atomic E-state index is 0.0197. The molecule has 6 nitrogen and oxygen atoms in total. The Labute approximate surface area is 192 Å². The summed E-state index contributed by atoms with van der Waals surface area (Å²) in [7, 11) is -3.54. The highest BCUT2D eigenvalue weighted by Gasteiger charge is 2.32. The van der Waals surface area contributed by atoms with Gasteiger partial charge < -0.3 is 10.1 Å². The van der Waals surface area contributed by atoms with Crippen molar-refractivity contribution in [2.24, 2.45) is 11.8 Å². The van der Waals surface area contributed by atoms with Crippen molar-refractivity contribution >= 4 is 15.9 Å². The van der Waals surface area contributed by atoms with E-state index >= 15 is 0 Å². The van der Waals surface area contributed by atoms with Crippen molar-refractivity contribution in [3.05, 3.63) is 59.2 Å². The van der Waals surface area contributed by atoms with Crippen LogP contribution >= 0.6 is 0 Å². The third-order valence-corrected chi connectivity index (χ3v) is 7.81. The molecule has 1 amide bonds. The molecule has 1 saturated heterocycles. The first-order chi connectivity index (χ1) is 15.2. The number of amides is 1. The molecule has 2 aromatic rings. The molecular weight excluding hydrogens is 424 g/mol. The number of nitrogens with one attached hydrogen (secondary N) is 1. The van der Waals surface area contributed by atoms with Crippen LogP contribution in [0.5, 0.6) is 5.75 Å². The van der Waals surface area contributed by atoms with Crippen molar-refractivity contribution in [2.75, 3.05) is 19.7 Å². The molecule has 0 atom stereocenters. The lowest BCUT2D eigenvalue weighted by molar-refractivity contribution is -0.126. The lowest BCUT2D eigenvalue weighted by atomic mass is 9.97. The molecule has 1 N–H and O–H groups in total. The Morgan fingerprint density at radius 1 is 1.09 bits per heavy atom. The van der Waals surface area contributed by atoms with Gasteiger partial charge in [0.15, 0.2) is 0 Å². The molecule has 0 radical (unpaired) electrons. The molecule has 0 bridgehead atoms. The van der Waals surface area contributed by atoms with Crippen molar-refractivity contribution in [3.63, 3.8) is 0 Å². The van der Waals surface area contributed by atoms with E-state index < -0.39 is 10.0 Å². The maximum atomic E-state index is 13.0. The highest BCUT2D eigenvalue weighted by Crippen LogP contribution is 2.26. The van der Waals surface area contributed by atoms with Gasteiger partial charge in [0.05, 0.1) is 11.5 Å². The molecule has 0 unspecified atom stereocenters. The fourth-order valence-electron chi connectivity index (χ4n) is 3.89. The summed E-state index contributed by atoms with van der Waals surface area (Å²) in [6.07, 6.45) is 1.05. The Morgan fingerprint density at radius 2 is 1.75 bits per heavy atom. The monoisotopic (exact) mass is 458 g/mol. The number of rotatable bonds is 8. The Hall–Kier alpha value is -2.38. The predicted molar refractivity (Wildman–Crippen MR) is 126 cm³/mol. The third kappa shape index (κ3) is 6.11. The van der Waals surface area contributed by atoms with E-state index in [0.29, 0.717) is 49.9 Å². The first kappa shape index (κ1) is 24.3. The second-order valence-electron chi connectivity index (χ2n) is 9.01. The van der Waals surface area contributed by atoms with Crippen LogP contribution in [0.3, 0.4) is 0 Å². The summed E-state index contributed by atoms with van der Waals surface area (Å²) in [5, 5.41) is 2.99. The van der Waals surface area contributed by atoms with Crippen LogP contribution in [0.4, 0.5) is 0 Å². The lowest BCUT2D eigenvalue weighted by Crippen LogP contribution is -2.43. The van der Waals surface area contributed by atoms with E-state index in [1.807, 2.05) is 50.2 Å². The van der Waals surface area contributed by atoms with Crippen LogP contribution in [0.15, 0.2) is 47.4 Å². The molecule has 0 saturated carbocycles. The molecule has 7 heteroatoms. The zero-order valence-electron chi connectivity index (χ0n) is 19.4. The molecule has 174 valence electrons. The van der Waals surface area contributed by atoms with Crippen LogP contribution in [-0.4, -0.2) is 38.3 Å². The van der Waals surface area contributed by atoms with Gasteiger partial charge in [-0.3, -0.25) is 4.79 Å². The molecule has 3 rings (SSSR count). The van der Waals surface area contributed by atoms with Gasteiger partial charge in [0.25, 0.3) is 0 Å². The van der Waals surface area contributed by atoms with Gasteiger partial charge in [-0.15, -0.1) is 0 Å². The molecule has 1 fully saturated rings. The third-order valence-electron chi connectivity index (χ3n) is 5.75. The van der Waals surface area contributed by atoms with Gasteiger partial charge in [0, 0.05) is 25.6 Å². The fraction of sp³-hybridized carbons (Fsp3) is 0.480. The fourth-order valence-corrected chi connectivity index (χ4v) is 5.56. The number of sulfonamides is 1. The highest BCUT2D eigenvalue weighted by molar-refractivity contribution is 7.89. The maximum Gasteiger partial charge on any atom is 0.243 e. The van der Waals surface area contributed by atoms with E-state index in [0.717, 1.165) is 22.4 Å². The van der Waals surface area contributed by atoms with Gasteiger partial charge in [-0.1, -0.05) is 43.7 Å². The number of aryl methyl sites for hydroxylation is 2. The second kappa shape index (κ2) is 10.5. The number of nitrogens with zero attached hydrogens (tertiary/aromatic N) is 1. The Kier molecular flexibility index (Phi) is 7.96. The lowest BCUT2D eigenvalue weighted by Gasteiger charge is -2.31. The molecule has 1 aliphatic heterocycles. The second-order valence-corrected chi connectivity index (χ2v) is 10.9. The molecule has 32 heavy (non-hydrogen) atoms. The van der Waals surface area contributed by atoms with Crippen molar-refractivity contribution in [1.82, 2.24) is 9.62 Å². The first-order valence-corrected chi connectivity index (χ1v) is 12.7. The molecule has 0 spiro atoms. The van der Waals surface area contributed by atoms with Crippen LogP contribution in [0, 0.1) is 25.7 Å². The van der Waals surface area contributed by atoms with E-state index in [-0.39, 0.29) is 11.8 Å². The van der Waals surface area contributed by atoms with Crippen LogP contribution in [0.1, 0.15) is 43.4 Å². The number of hydrogen-bond donors (Lipinski definition) is 1. The Bertz CT molecular complexity index is 1020. The minimum atomic E-state index is -3.54. The van der Waals surface area contributed by atoms with Crippen molar-refractivity contribution in [3.8, 4) is 5.75 Å². The van der Waals surface area contributed by atoms with Gasteiger partial charge >= 0.3 is 0 Å². The van der Waals surface area contributed by atoms with Gasteiger partial charge in [-0.2, -0.15) is 4.31 Å². The van der Waals surface area contributed by atoms with Crippen molar-refractivity contribution < 1.29 is 17.9 Å². The summed E-state index contributed by atoms with van der Waals surface area (Å²) in [5.41, 5.74) is 2.80. The molecule has 0 aliphatic carbocycles. The molecule has 0 aromatic heterocycles. The van der Waals surface area contributed by atoms with E-state index in [9.17, 15) is 13.2 Å². The van der Waals surface area contributed by atoms with Crippen LogP contribution in [-0.2, 0) is 21.4 Å². The van der Waals surface area contributed by atoms with E-state index in [1.54, 1.807) is 6.07 Å². The molecule has 2 aromatic carbocycles. The number of hydrogen-bond acceptors (Lipinski definition) is 4. The van der Waals surface area contributed by atoms with Gasteiger partial charge in [-0.05, 0) is 61.9 Å². The average Bonchev–Trinajstić information content (AvgIpc) is 2.76. The quantitative estimate of drug-likeness (QED) is 0.647. The number of carbonyl (C=O) groups is 1. The van der Waals surface area contributed by atoms with E-state index in [1.165, 1.54) is 4.31 Å². The molecular formula is C25H34N2O4S. The van der Waals surface area contributed by atoms with Gasteiger partial charge in [0.2, 0.25) is 15.9 Å². The van der Waals surface area contributed by atoms with Crippen LogP contribution in [0.25, 0.3) is 0 Å². The van der Waals surface area contributed by atoms with E-state index in [4.69, 9.17) is 4.74 Å². The average molecular weight is 459 g/mol. The van der Waals surface area contributed by atoms with Crippen molar-refractivity contribution in [2.45, 2.75) is 52.0 Å². The van der Waals surface area contributed by atoms with Crippen LogP contribution < -0.4 is 10.1 Å². The van der Waals surface area contributed by atoms with Gasteiger partial charge in [-0.25, -0.2) is 8.42 Å². The summed E-state index contributed by atoms with van der Waals surface area (Å²) < 4.78 is 33.3. The standard InChI is InChI=1S/C25H34N2O4S/c1-18(2)17-31-23-8-6-21(7-9-23)16-26-25(28)22-11-13-27(14-12-22)32(29,30)24-10-5-19(3)15-20(24)4/h5-10,15,18,22H,11-14,16-17H2,1-4H3,(H,26,28). The maximum absolute atomic E-state index is 13.0. The Balaban J connectivity index is 1.50. The predicted octanol–water partition coefficient (Wildman–Crippen LogP) is 4.06. The number of carbonyl (C=O) groups excluding carboxylic acids is 1. The summed E-state index contributed by atoms with van der Waals surface area (Å²) in [4.78, 5) is 13.0. The minimum Gasteiger partial charge on any atom is -0.493 e. The molecule has 1 aliphatic rings. The Morgan fingerprint density at radius 3 is 2.34 bits per heavy atom. The summed E-state index contributed by atoms with van der Waals surface area (Å²) in [6.45, 7) is 9.82. The number of ether oxygens (including phenoxy) is 1. The summed E-state index contributed by atoms with van der Waals surface area (Å²) >= 11 is 0. The zero-order chi connectivity index (χ0) is 23.3. The highest BCUT2D eigenvalue weighted by atomic mass is 32.2.